The second kappa shape index (κ2) is 6.55. The lowest BCUT2D eigenvalue weighted by atomic mass is 9.92. The van der Waals surface area contributed by atoms with Gasteiger partial charge >= 0.3 is 0 Å². The van der Waals surface area contributed by atoms with Crippen molar-refractivity contribution >= 4 is 30.2 Å². The number of carbonyl (C=O) groups is 1. The number of amides is 1. The normalized spacial score (nSPS) is 16.6. The summed E-state index contributed by atoms with van der Waals surface area (Å²) in [6, 6.07) is 1.96. The van der Waals surface area contributed by atoms with Crippen LogP contribution in [0.3, 0.4) is 0 Å². The quantitative estimate of drug-likeness (QED) is 0.690. The summed E-state index contributed by atoms with van der Waals surface area (Å²) >= 11 is 0. The van der Waals surface area contributed by atoms with Crippen molar-refractivity contribution in [2.45, 2.75) is 38.5 Å². The Morgan fingerprint density at radius 2 is 2.09 bits per heavy atom. The van der Waals surface area contributed by atoms with Crippen LogP contribution in [0, 0.1) is 5.92 Å². The summed E-state index contributed by atoms with van der Waals surface area (Å²) in [4.78, 5) is 17.0. The SMILES string of the molecule is Bc1ccnc2c1c(C(=O)NCC1CCCCCC1)cn2C. The van der Waals surface area contributed by atoms with Crippen molar-refractivity contribution in [3.05, 3.63) is 24.0 Å². The summed E-state index contributed by atoms with van der Waals surface area (Å²) in [5, 5.41) is 4.12. The topological polar surface area (TPSA) is 46.9 Å². The molecule has 0 spiro atoms. The number of rotatable bonds is 3. The predicted molar refractivity (Wildman–Crippen MR) is 92.4 cm³/mol. The van der Waals surface area contributed by atoms with E-state index in [0.717, 1.165) is 28.6 Å². The van der Waals surface area contributed by atoms with Crippen LogP contribution >= 0.6 is 0 Å². The van der Waals surface area contributed by atoms with Gasteiger partial charge in [-0.3, -0.25) is 4.79 Å². The fourth-order valence-electron chi connectivity index (χ4n) is 3.54. The molecule has 2 heterocycles. The van der Waals surface area contributed by atoms with Crippen LogP contribution in [0.2, 0.25) is 0 Å². The lowest BCUT2D eigenvalue weighted by Gasteiger charge is -2.14. The average molecular weight is 297 g/mol. The van der Waals surface area contributed by atoms with Crippen LogP contribution in [0.25, 0.3) is 11.0 Å². The molecular weight excluding hydrogens is 273 g/mol. The van der Waals surface area contributed by atoms with Crippen molar-refractivity contribution in [3.8, 4) is 0 Å². The summed E-state index contributed by atoms with van der Waals surface area (Å²) in [5.74, 6) is 0.673. The highest BCUT2D eigenvalue weighted by atomic mass is 16.1. The minimum atomic E-state index is 0.0333. The third kappa shape index (κ3) is 3.03. The molecule has 1 N–H and O–H groups in total. The third-order valence-corrected chi connectivity index (χ3v) is 4.84. The van der Waals surface area contributed by atoms with E-state index >= 15 is 0 Å². The van der Waals surface area contributed by atoms with Crippen molar-refractivity contribution in [1.29, 1.82) is 0 Å². The second-order valence-electron chi connectivity index (χ2n) is 6.55. The summed E-state index contributed by atoms with van der Waals surface area (Å²) < 4.78 is 1.93. The number of aromatic nitrogens is 2. The number of nitrogens with one attached hydrogen (secondary N) is 1. The van der Waals surface area contributed by atoms with E-state index in [0.29, 0.717) is 5.92 Å². The van der Waals surface area contributed by atoms with E-state index in [-0.39, 0.29) is 5.91 Å². The van der Waals surface area contributed by atoms with Gasteiger partial charge in [-0.1, -0.05) is 31.1 Å². The molecule has 0 bridgehead atoms. The van der Waals surface area contributed by atoms with Crippen LogP contribution < -0.4 is 10.8 Å². The molecule has 0 aliphatic heterocycles. The molecule has 0 unspecified atom stereocenters. The van der Waals surface area contributed by atoms with E-state index < -0.39 is 0 Å². The van der Waals surface area contributed by atoms with Crippen molar-refractivity contribution < 1.29 is 4.79 Å². The van der Waals surface area contributed by atoms with Crippen molar-refractivity contribution in [3.63, 3.8) is 0 Å². The molecule has 0 saturated heterocycles. The molecular formula is C17H24BN3O. The molecule has 1 amide bonds. The molecule has 1 aliphatic rings. The monoisotopic (exact) mass is 297 g/mol. The van der Waals surface area contributed by atoms with Gasteiger partial charge in [0.2, 0.25) is 0 Å². The summed E-state index contributed by atoms with van der Waals surface area (Å²) in [7, 11) is 3.98. The van der Waals surface area contributed by atoms with Crippen LogP contribution in [0.4, 0.5) is 0 Å². The maximum absolute atomic E-state index is 12.6. The number of nitrogens with zero attached hydrogens (tertiary/aromatic N) is 2. The van der Waals surface area contributed by atoms with Crippen LogP contribution in [0.15, 0.2) is 18.5 Å². The van der Waals surface area contributed by atoms with Gasteiger partial charge in [-0.15, -0.1) is 0 Å². The molecule has 1 fully saturated rings. The van der Waals surface area contributed by atoms with E-state index in [1.165, 1.54) is 38.5 Å². The Labute approximate surface area is 132 Å². The highest BCUT2D eigenvalue weighted by Crippen LogP contribution is 2.22. The largest absolute Gasteiger partial charge is 0.352 e. The smallest absolute Gasteiger partial charge is 0.253 e. The van der Waals surface area contributed by atoms with Gasteiger partial charge in [0.15, 0.2) is 0 Å². The zero-order valence-corrected chi connectivity index (χ0v) is 13.6. The molecule has 116 valence electrons. The Kier molecular flexibility index (Phi) is 4.51. The number of hydrogen-bond donors (Lipinski definition) is 1. The Bertz CT molecular complexity index is 672. The summed E-state index contributed by atoms with van der Waals surface area (Å²) in [5.41, 5.74) is 2.72. The minimum Gasteiger partial charge on any atom is -0.352 e. The number of aryl methyl sites for hydroxylation is 1. The Morgan fingerprint density at radius 1 is 1.36 bits per heavy atom. The van der Waals surface area contributed by atoms with Gasteiger partial charge in [0.05, 0.1) is 5.56 Å². The molecule has 22 heavy (non-hydrogen) atoms. The van der Waals surface area contributed by atoms with Crippen molar-refractivity contribution in [1.82, 2.24) is 14.9 Å². The van der Waals surface area contributed by atoms with Gasteiger partial charge in [0.1, 0.15) is 13.5 Å². The number of hydrogen-bond acceptors (Lipinski definition) is 2. The molecule has 2 aromatic heterocycles. The third-order valence-electron chi connectivity index (χ3n) is 4.84. The van der Waals surface area contributed by atoms with Gasteiger partial charge in [-0.05, 0) is 24.8 Å². The number of carbonyl (C=O) groups excluding carboxylic acids is 1. The molecule has 5 heteroatoms. The zero-order chi connectivity index (χ0) is 15.5. The Hall–Kier alpha value is -1.78. The fourth-order valence-corrected chi connectivity index (χ4v) is 3.54. The second-order valence-corrected chi connectivity index (χ2v) is 6.55. The van der Waals surface area contributed by atoms with E-state index in [1.54, 1.807) is 6.20 Å². The molecule has 2 aromatic rings. The van der Waals surface area contributed by atoms with E-state index in [9.17, 15) is 4.79 Å². The first-order valence-corrected chi connectivity index (χ1v) is 8.35. The minimum absolute atomic E-state index is 0.0333. The van der Waals surface area contributed by atoms with Crippen LogP contribution in [0.5, 0.6) is 0 Å². The molecule has 0 atom stereocenters. The molecule has 4 nitrogen and oxygen atoms in total. The van der Waals surface area contributed by atoms with Gasteiger partial charge in [-0.2, -0.15) is 0 Å². The van der Waals surface area contributed by atoms with E-state index in [2.05, 4.69) is 10.3 Å². The maximum Gasteiger partial charge on any atom is 0.253 e. The first kappa shape index (κ1) is 15.1. The first-order chi connectivity index (χ1) is 10.7. The molecule has 1 aliphatic carbocycles. The van der Waals surface area contributed by atoms with Gasteiger partial charge < -0.3 is 9.88 Å². The molecule has 0 aromatic carbocycles. The van der Waals surface area contributed by atoms with Crippen LogP contribution in [-0.2, 0) is 7.05 Å². The molecule has 3 rings (SSSR count). The highest BCUT2D eigenvalue weighted by Gasteiger charge is 2.18. The van der Waals surface area contributed by atoms with E-state index in [1.807, 2.05) is 31.7 Å². The summed E-state index contributed by atoms with van der Waals surface area (Å²) in [6.07, 6.45) is 11.5. The maximum atomic E-state index is 12.6. The van der Waals surface area contributed by atoms with Gasteiger partial charge in [0.25, 0.3) is 5.91 Å². The van der Waals surface area contributed by atoms with Crippen LogP contribution in [0.1, 0.15) is 48.9 Å². The van der Waals surface area contributed by atoms with Crippen molar-refractivity contribution in [2.75, 3.05) is 6.54 Å². The number of pyridine rings is 1. The van der Waals surface area contributed by atoms with Crippen LogP contribution in [-0.4, -0.2) is 29.8 Å². The molecule has 0 radical (unpaired) electrons. The molecule has 1 saturated carbocycles. The summed E-state index contributed by atoms with van der Waals surface area (Å²) in [6.45, 7) is 0.800. The van der Waals surface area contributed by atoms with Gasteiger partial charge in [0, 0.05) is 31.4 Å². The zero-order valence-electron chi connectivity index (χ0n) is 13.6. The Balaban J connectivity index is 1.75. The highest BCUT2D eigenvalue weighted by molar-refractivity contribution is 6.40. The fraction of sp³-hybridized carbons (Fsp3) is 0.529. The van der Waals surface area contributed by atoms with Crippen molar-refractivity contribution in [2.24, 2.45) is 13.0 Å². The van der Waals surface area contributed by atoms with E-state index in [4.69, 9.17) is 0 Å². The number of fused-ring (bicyclic) bond motifs is 1. The predicted octanol–water partition coefficient (Wildman–Crippen LogP) is 1.53. The average Bonchev–Trinajstić information content (AvgIpc) is 2.70. The van der Waals surface area contributed by atoms with Gasteiger partial charge in [-0.25, -0.2) is 4.98 Å². The lowest BCUT2D eigenvalue weighted by Crippen LogP contribution is -2.29. The Morgan fingerprint density at radius 3 is 2.82 bits per heavy atom. The first-order valence-electron chi connectivity index (χ1n) is 8.35. The lowest BCUT2D eigenvalue weighted by molar-refractivity contribution is 0.0947. The standard InChI is InChI=1S/C17H24BN3O/c1-21-11-13(15-14(18)8-9-19-16(15)21)17(22)20-10-12-6-4-2-3-5-7-12/h8-9,11-12H,2-7,10,18H2,1H3,(H,20,22).